The molecule has 1 fully saturated rings. The van der Waals surface area contributed by atoms with Crippen LogP contribution in [0.25, 0.3) is 0 Å². The van der Waals surface area contributed by atoms with Crippen molar-refractivity contribution in [1.82, 2.24) is 5.32 Å². The highest BCUT2D eigenvalue weighted by atomic mass is 19.4. The van der Waals surface area contributed by atoms with Gasteiger partial charge in [0.05, 0.1) is 13.0 Å². The van der Waals surface area contributed by atoms with E-state index in [0.717, 1.165) is 17.9 Å². The molecule has 0 radical (unpaired) electrons. The summed E-state index contributed by atoms with van der Waals surface area (Å²) in [6, 6.07) is 2.46. The first-order chi connectivity index (χ1) is 8.94. The molecule has 0 amide bonds. The van der Waals surface area contributed by atoms with E-state index in [4.69, 9.17) is 9.15 Å². The number of halogens is 3. The number of aryl methyl sites for hydroxylation is 1. The van der Waals surface area contributed by atoms with E-state index in [2.05, 4.69) is 5.32 Å². The number of nitrogens with one attached hydrogen (secondary N) is 1. The molecular formula is C13H18F3NO2. The van der Waals surface area contributed by atoms with E-state index in [1.165, 1.54) is 12.8 Å². The van der Waals surface area contributed by atoms with Crippen LogP contribution in [0.15, 0.2) is 10.5 Å². The van der Waals surface area contributed by atoms with Crippen molar-refractivity contribution in [2.45, 2.75) is 51.6 Å². The molecule has 1 aliphatic rings. The normalized spacial score (nSPS) is 16.0. The lowest BCUT2D eigenvalue weighted by Gasteiger charge is -2.05. The van der Waals surface area contributed by atoms with Crippen LogP contribution in [0.5, 0.6) is 0 Å². The van der Waals surface area contributed by atoms with Crippen LogP contribution in [-0.2, 0) is 17.9 Å². The van der Waals surface area contributed by atoms with Gasteiger partial charge >= 0.3 is 6.18 Å². The topological polar surface area (TPSA) is 34.4 Å². The molecule has 1 N–H and O–H groups in total. The Morgan fingerprint density at radius 2 is 2.16 bits per heavy atom. The third-order valence-corrected chi connectivity index (χ3v) is 3.00. The highest BCUT2D eigenvalue weighted by molar-refractivity contribution is 5.20. The maximum atomic E-state index is 11.9. The van der Waals surface area contributed by atoms with Crippen LogP contribution < -0.4 is 5.32 Å². The van der Waals surface area contributed by atoms with Crippen molar-refractivity contribution < 1.29 is 22.3 Å². The SMILES string of the molecule is Cc1oc(COCCC(F)(F)F)cc1CNC1CC1. The van der Waals surface area contributed by atoms with E-state index in [0.29, 0.717) is 11.8 Å². The molecule has 0 aromatic carbocycles. The van der Waals surface area contributed by atoms with Gasteiger partial charge in [0.25, 0.3) is 0 Å². The monoisotopic (exact) mass is 277 g/mol. The fourth-order valence-corrected chi connectivity index (χ4v) is 1.74. The Hall–Kier alpha value is -1.01. The Balaban J connectivity index is 1.72. The molecule has 0 bridgehead atoms. The molecule has 2 rings (SSSR count). The fraction of sp³-hybridized carbons (Fsp3) is 0.692. The molecule has 0 spiro atoms. The third kappa shape index (κ3) is 5.24. The summed E-state index contributed by atoms with van der Waals surface area (Å²) in [6.45, 7) is 2.34. The van der Waals surface area contributed by atoms with Gasteiger partial charge in [-0.1, -0.05) is 0 Å². The van der Waals surface area contributed by atoms with Crippen LogP contribution >= 0.6 is 0 Å². The first-order valence-corrected chi connectivity index (χ1v) is 6.40. The van der Waals surface area contributed by atoms with Gasteiger partial charge in [0, 0.05) is 18.2 Å². The average molecular weight is 277 g/mol. The Morgan fingerprint density at radius 3 is 2.79 bits per heavy atom. The van der Waals surface area contributed by atoms with Crippen molar-refractivity contribution in [2.24, 2.45) is 0 Å². The standard InChI is InChI=1S/C13H18F3NO2/c1-9-10(7-17-11-2-3-11)6-12(19-9)8-18-5-4-13(14,15)16/h6,11,17H,2-5,7-8H2,1H3. The molecule has 0 unspecified atom stereocenters. The molecule has 1 aliphatic carbocycles. The molecule has 1 saturated carbocycles. The van der Waals surface area contributed by atoms with Crippen LogP contribution in [-0.4, -0.2) is 18.8 Å². The van der Waals surface area contributed by atoms with Crippen molar-refractivity contribution in [2.75, 3.05) is 6.61 Å². The zero-order chi connectivity index (χ0) is 13.9. The van der Waals surface area contributed by atoms with E-state index in [1.807, 2.05) is 13.0 Å². The first kappa shape index (κ1) is 14.4. The lowest BCUT2D eigenvalue weighted by molar-refractivity contribution is -0.146. The van der Waals surface area contributed by atoms with Crippen molar-refractivity contribution in [3.63, 3.8) is 0 Å². The van der Waals surface area contributed by atoms with Crippen LogP contribution in [0.4, 0.5) is 13.2 Å². The zero-order valence-corrected chi connectivity index (χ0v) is 10.8. The van der Waals surface area contributed by atoms with Crippen LogP contribution in [0.1, 0.15) is 36.3 Å². The lowest BCUT2D eigenvalue weighted by Crippen LogP contribution is -2.15. The van der Waals surface area contributed by atoms with E-state index < -0.39 is 12.6 Å². The highest BCUT2D eigenvalue weighted by Crippen LogP contribution is 2.22. The summed E-state index contributed by atoms with van der Waals surface area (Å²) in [5, 5.41) is 3.36. The maximum Gasteiger partial charge on any atom is 0.391 e. The Kier molecular flexibility index (Phi) is 4.52. The van der Waals surface area contributed by atoms with E-state index >= 15 is 0 Å². The number of alkyl halides is 3. The van der Waals surface area contributed by atoms with E-state index in [9.17, 15) is 13.2 Å². The predicted molar refractivity (Wildman–Crippen MR) is 63.6 cm³/mol. The largest absolute Gasteiger partial charge is 0.464 e. The second-order valence-corrected chi connectivity index (χ2v) is 4.87. The zero-order valence-electron chi connectivity index (χ0n) is 10.8. The summed E-state index contributed by atoms with van der Waals surface area (Å²) in [5.74, 6) is 1.37. The molecule has 6 heteroatoms. The number of furan rings is 1. The summed E-state index contributed by atoms with van der Waals surface area (Å²) in [7, 11) is 0. The van der Waals surface area contributed by atoms with Gasteiger partial charge in [-0.3, -0.25) is 0 Å². The molecule has 1 aromatic rings. The van der Waals surface area contributed by atoms with Crippen LogP contribution in [0, 0.1) is 6.92 Å². The lowest BCUT2D eigenvalue weighted by atomic mass is 10.2. The summed E-state index contributed by atoms with van der Waals surface area (Å²) in [4.78, 5) is 0. The third-order valence-electron chi connectivity index (χ3n) is 3.00. The van der Waals surface area contributed by atoms with Crippen LogP contribution in [0.2, 0.25) is 0 Å². The Bertz CT molecular complexity index is 411. The maximum absolute atomic E-state index is 11.9. The minimum absolute atomic E-state index is 0.0837. The number of rotatable bonds is 7. The summed E-state index contributed by atoms with van der Waals surface area (Å²) >= 11 is 0. The fourth-order valence-electron chi connectivity index (χ4n) is 1.74. The average Bonchev–Trinajstić information content (AvgIpc) is 3.06. The second-order valence-electron chi connectivity index (χ2n) is 4.87. The minimum Gasteiger partial charge on any atom is -0.464 e. The Labute approximate surface area is 110 Å². The molecule has 1 aromatic heterocycles. The molecule has 1 heterocycles. The molecule has 0 aliphatic heterocycles. The molecule has 3 nitrogen and oxygen atoms in total. The summed E-state index contributed by atoms with van der Waals surface area (Å²) in [6.07, 6.45) is -2.67. The second kappa shape index (κ2) is 5.96. The molecule has 0 saturated heterocycles. The van der Waals surface area contributed by atoms with Gasteiger partial charge in [-0.15, -0.1) is 0 Å². The molecular weight excluding hydrogens is 259 g/mol. The number of hydrogen-bond donors (Lipinski definition) is 1. The van der Waals surface area contributed by atoms with E-state index in [1.54, 1.807) is 0 Å². The quantitative estimate of drug-likeness (QED) is 0.776. The van der Waals surface area contributed by atoms with Gasteiger partial charge in [-0.05, 0) is 25.8 Å². The predicted octanol–water partition coefficient (Wildman–Crippen LogP) is 3.31. The van der Waals surface area contributed by atoms with E-state index in [-0.39, 0.29) is 13.2 Å². The van der Waals surface area contributed by atoms with Crippen LogP contribution in [0.3, 0.4) is 0 Å². The molecule has 108 valence electrons. The van der Waals surface area contributed by atoms with Crippen molar-refractivity contribution >= 4 is 0 Å². The van der Waals surface area contributed by atoms with Gasteiger partial charge in [-0.2, -0.15) is 13.2 Å². The van der Waals surface area contributed by atoms with Gasteiger partial charge in [0.15, 0.2) is 0 Å². The summed E-state index contributed by atoms with van der Waals surface area (Å²) < 4.78 is 46.2. The van der Waals surface area contributed by atoms with Crippen molar-refractivity contribution in [1.29, 1.82) is 0 Å². The molecule has 0 atom stereocenters. The summed E-state index contributed by atoms with van der Waals surface area (Å²) in [5.41, 5.74) is 1.04. The van der Waals surface area contributed by atoms with Gasteiger partial charge < -0.3 is 14.5 Å². The first-order valence-electron chi connectivity index (χ1n) is 6.40. The number of ether oxygens (including phenoxy) is 1. The smallest absolute Gasteiger partial charge is 0.391 e. The van der Waals surface area contributed by atoms with Gasteiger partial charge in [-0.25, -0.2) is 0 Å². The van der Waals surface area contributed by atoms with Crippen molar-refractivity contribution in [3.05, 3.63) is 23.2 Å². The van der Waals surface area contributed by atoms with Gasteiger partial charge in [0.1, 0.15) is 18.1 Å². The highest BCUT2D eigenvalue weighted by Gasteiger charge is 2.26. The minimum atomic E-state index is -4.17. The number of hydrogen-bond acceptors (Lipinski definition) is 3. The van der Waals surface area contributed by atoms with Gasteiger partial charge in [0.2, 0.25) is 0 Å². The van der Waals surface area contributed by atoms with Crippen molar-refractivity contribution in [3.8, 4) is 0 Å². The molecule has 19 heavy (non-hydrogen) atoms. The Morgan fingerprint density at radius 1 is 1.42 bits per heavy atom.